The molecule has 1 fully saturated rings. The lowest BCUT2D eigenvalue weighted by atomic mass is 10.0. The lowest BCUT2D eigenvalue weighted by Crippen LogP contribution is -2.41. The number of hydrogen-bond donors (Lipinski definition) is 3. The van der Waals surface area contributed by atoms with E-state index in [4.69, 9.17) is 27.9 Å². The number of anilines is 1. The minimum absolute atomic E-state index is 0.0314. The zero-order valence-electron chi connectivity index (χ0n) is 28.4. The average molecular weight is 758 g/mol. The summed E-state index contributed by atoms with van der Waals surface area (Å²) in [5.41, 5.74) is 2.94. The molecule has 3 N–H and O–H groups in total. The first-order valence-electron chi connectivity index (χ1n) is 16.6. The molecule has 0 spiro atoms. The largest absolute Gasteiger partial charge is 0.481 e. The van der Waals surface area contributed by atoms with E-state index in [1.165, 1.54) is 13.3 Å². The summed E-state index contributed by atoms with van der Waals surface area (Å²) in [5, 5.41) is 15.6. The van der Waals surface area contributed by atoms with Crippen molar-refractivity contribution in [3.8, 4) is 28.4 Å². The number of carbonyl (C=O) groups is 3. The van der Waals surface area contributed by atoms with Crippen LogP contribution in [0.3, 0.4) is 0 Å². The highest BCUT2D eigenvalue weighted by molar-refractivity contribution is 6.39. The third kappa shape index (κ3) is 7.66. The standard InChI is InChI=1S/C35H36Cl2F2N8O5/c1-45-27-10-14-46(13-4-11-38)18-26(27)42-32(45)33(49)43-24-6-3-5-21(29(24)36)31-30(37)20(9-12-40-31)25-15-23(39)22(34(44-25)52-2)17-47(35(50)51)16-19-7-8-28(48)41-19/h3,5-6,9,12,15,19H,4,7-8,10-11,13-14,16-18H2,1-2H3,(H,41,48)(H,43,49)(H,50,51)/t19-/m0/s1. The Morgan fingerprint density at radius 2 is 1.98 bits per heavy atom. The van der Waals surface area contributed by atoms with Crippen molar-refractivity contribution in [2.75, 3.05) is 38.7 Å². The van der Waals surface area contributed by atoms with Crippen molar-refractivity contribution in [3.05, 3.63) is 75.2 Å². The Hall–Kier alpha value is -4.86. The smallest absolute Gasteiger partial charge is 0.407 e. The monoisotopic (exact) mass is 756 g/mol. The Balaban J connectivity index is 1.24. The number of carboxylic acid groups (broad SMARTS) is 1. The van der Waals surface area contributed by atoms with Crippen molar-refractivity contribution in [2.45, 2.75) is 44.8 Å². The number of nitrogens with zero attached hydrogens (tertiary/aromatic N) is 6. The molecule has 0 saturated carbocycles. The van der Waals surface area contributed by atoms with Crippen LogP contribution in [0.5, 0.6) is 5.88 Å². The number of pyridine rings is 2. The summed E-state index contributed by atoms with van der Waals surface area (Å²) in [6.45, 7) is 1.11. The van der Waals surface area contributed by atoms with Gasteiger partial charge in [-0.2, -0.15) is 0 Å². The van der Waals surface area contributed by atoms with Gasteiger partial charge in [-0.3, -0.25) is 23.9 Å². The van der Waals surface area contributed by atoms with Crippen LogP contribution in [0.2, 0.25) is 10.0 Å². The summed E-state index contributed by atoms with van der Waals surface area (Å²) in [7, 11) is 3.07. The molecule has 1 aromatic carbocycles. The van der Waals surface area contributed by atoms with Crippen LogP contribution < -0.4 is 15.4 Å². The van der Waals surface area contributed by atoms with Gasteiger partial charge in [-0.1, -0.05) is 35.3 Å². The van der Waals surface area contributed by atoms with Gasteiger partial charge in [0.05, 0.1) is 58.7 Å². The first-order valence-corrected chi connectivity index (χ1v) is 17.3. The van der Waals surface area contributed by atoms with E-state index in [0.717, 1.165) is 28.9 Å². The van der Waals surface area contributed by atoms with Crippen molar-refractivity contribution in [1.82, 2.24) is 34.6 Å². The van der Waals surface area contributed by atoms with Crippen molar-refractivity contribution in [3.63, 3.8) is 0 Å². The van der Waals surface area contributed by atoms with Gasteiger partial charge in [-0.15, -0.1) is 0 Å². The van der Waals surface area contributed by atoms with E-state index in [-0.39, 0.29) is 76.1 Å². The number of fused-ring (bicyclic) bond motifs is 1. The molecule has 1 saturated heterocycles. The highest BCUT2D eigenvalue weighted by atomic mass is 35.5. The fraction of sp³-hybridized carbons (Fsp3) is 0.371. The molecule has 0 radical (unpaired) electrons. The van der Waals surface area contributed by atoms with Crippen LogP contribution in [0.1, 0.15) is 46.8 Å². The average Bonchev–Trinajstić information content (AvgIpc) is 3.69. The lowest BCUT2D eigenvalue weighted by molar-refractivity contribution is -0.119. The van der Waals surface area contributed by atoms with Crippen LogP contribution in [-0.4, -0.2) is 91.8 Å². The zero-order chi connectivity index (χ0) is 37.1. The van der Waals surface area contributed by atoms with Crippen LogP contribution in [0.15, 0.2) is 36.5 Å². The predicted molar refractivity (Wildman–Crippen MR) is 190 cm³/mol. The lowest BCUT2D eigenvalue weighted by Gasteiger charge is -2.26. The van der Waals surface area contributed by atoms with E-state index >= 15 is 4.39 Å². The Labute approximate surface area is 307 Å². The third-order valence-electron chi connectivity index (χ3n) is 9.18. The first kappa shape index (κ1) is 36.9. The van der Waals surface area contributed by atoms with Crippen LogP contribution in [-0.2, 0) is 31.4 Å². The fourth-order valence-corrected chi connectivity index (χ4v) is 7.10. The topological polar surface area (TPSA) is 155 Å². The Morgan fingerprint density at radius 3 is 2.69 bits per heavy atom. The molecular weight excluding hydrogens is 721 g/mol. The molecule has 17 heteroatoms. The van der Waals surface area contributed by atoms with E-state index in [1.807, 2.05) is 0 Å². The van der Waals surface area contributed by atoms with Crippen LogP contribution in [0.4, 0.5) is 19.3 Å². The molecule has 6 rings (SSSR count). The van der Waals surface area contributed by atoms with Gasteiger partial charge in [0.2, 0.25) is 11.8 Å². The molecule has 5 heterocycles. The third-order valence-corrected chi connectivity index (χ3v) is 9.97. The first-order chi connectivity index (χ1) is 25.0. The van der Waals surface area contributed by atoms with Gasteiger partial charge in [0.1, 0.15) is 5.82 Å². The molecule has 274 valence electrons. The second-order valence-corrected chi connectivity index (χ2v) is 13.3. The van der Waals surface area contributed by atoms with Gasteiger partial charge in [-0.05, 0) is 25.0 Å². The maximum atomic E-state index is 15.7. The quantitative estimate of drug-likeness (QED) is 0.165. The van der Waals surface area contributed by atoms with Gasteiger partial charge >= 0.3 is 6.09 Å². The van der Waals surface area contributed by atoms with Crippen LogP contribution >= 0.6 is 23.2 Å². The van der Waals surface area contributed by atoms with Crippen LogP contribution in [0.25, 0.3) is 22.5 Å². The zero-order valence-corrected chi connectivity index (χ0v) is 29.9. The SMILES string of the molecule is COc1nc(-c2ccnc(-c3cccc(NC(=O)c4nc5c(n4C)CCN(CCCF)C5)c3Cl)c2Cl)cc(F)c1CN(C[C@@H]1CCC(=O)N1)C(=O)O. The minimum atomic E-state index is -1.29. The minimum Gasteiger partial charge on any atom is -0.481 e. The maximum absolute atomic E-state index is 15.7. The summed E-state index contributed by atoms with van der Waals surface area (Å²) in [5.74, 6) is -1.35. The van der Waals surface area contributed by atoms with Gasteiger partial charge in [-0.25, -0.2) is 19.2 Å². The Kier molecular flexibility index (Phi) is 11.2. The number of benzene rings is 1. The normalized spacial score (nSPS) is 15.7. The number of ether oxygens (including phenoxy) is 1. The van der Waals surface area contributed by atoms with E-state index in [9.17, 15) is 23.9 Å². The number of aromatic nitrogens is 4. The molecule has 1 atom stereocenters. The molecule has 0 unspecified atom stereocenters. The van der Waals surface area contributed by atoms with Gasteiger partial charge in [0.25, 0.3) is 5.91 Å². The number of methoxy groups -OCH3 is 1. The molecule has 13 nitrogen and oxygen atoms in total. The van der Waals surface area contributed by atoms with Crippen LogP contribution in [0, 0.1) is 5.82 Å². The van der Waals surface area contributed by atoms with Gasteiger partial charge < -0.3 is 29.9 Å². The van der Waals surface area contributed by atoms with Gasteiger partial charge in [0.15, 0.2) is 5.82 Å². The molecule has 2 aliphatic rings. The van der Waals surface area contributed by atoms with E-state index < -0.39 is 17.8 Å². The second-order valence-electron chi connectivity index (χ2n) is 12.5. The molecule has 0 bridgehead atoms. The number of rotatable bonds is 12. The van der Waals surface area contributed by atoms with Crippen molar-refractivity contribution in [2.24, 2.45) is 7.05 Å². The predicted octanol–water partition coefficient (Wildman–Crippen LogP) is 5.73. The molecule has 0 aliphatic carbocycles. The number of alkyl halides is 1. The van der Waals surface area contributed by atoms with Gasteiger partial charge in [0, 0.05) is 81.2 Å². The number of halogens is 4. The van der Waals surface area contributed by atoms with Crippen molar-refractivity contribution >= 4 is 46.8 Å². The molecular formula is C35H36Cl2F2N8O5. The highest BCUT2D eigenvalue weighted by Crippen LogP contribution is 2.40. The summed E-state index contributed by atoms with van der Waals surface area (Å²) in [4.78, 5) is 53.7. The molecule has 4 aromatic rings. The maximum Gasteiger partial charge on any atom is 0.407 e. The molecule has 3 aromatic heterocycles. The van der Waals surface area contributed by atoms with Crippen molar-refractivity contribution in [1.29, 1.82) is 0 Å². The fourth-order valence-electron chi connectivity index (χ4n) is 6.53. The number of nitrogens with one attached hydrogen (secondary N) is 2. The summed E-state index contributed by atoms with van der Waals surface area (Å²) in [6.07, 6.45) is 2.05. The second kappa shape index (κ2) is 15.8. The van der Waals surface area contributed by atoms with E-state index in [2.05, 4.69) is 30.5 Å². The summed E-state index contributed by atoms with van der Waals surface area (Å²) < 4.78 is 35.6. The summed E-state index contributed by atoms with van der Waals surface area (Å²) in [6, 6.07) is 7.26. The summed E-state index contributed by atoms with van der Waals surface area (Å²) >= 11 is 13.7. The van der Waals surface area contributed by atoms with E-state index in [1.54, 1.807) is 35.9 Å². The molecule has 52 heavy (non-hydrogen) atoms. The molecule has 2 aliphatic heterocycles. The number of hydrogen-bond acceptors (Lipinski definition) is 8. The number of amides is 3. The Morgan fingerprint density at radius 1 is 1.17 bits per heavy atom. The van der Waals surface area contributed by atoms with Crippen molar-refractivity contribution < 1.29 is 33.0 Å². The highest BCUT2D eigenvalue weighted by Gasteiger charge is 2.29. The van der Waals surface area contributed by atoms with E-state index in [0.29, 0.717) is 49.9 Å². The Bertz CT molecular complexity index is 2030. The number of carbonyl (C=O) groups excluding carboxylic acids is 2. The number of imidazole rings is 1. The molecule has 3 amide bonds.